The Labute approximate surface area is 121 Å². The number of nitrogens with one attached hydrogen (secondary N) is 1. The first-order valence-corrected chi connectivity index (χ1v) is 6.72. The van der Waals surface area contributed by atoms with Crippen LogP contribution in [0.5, 0.6) is 5.88 Å². The smallest absolute Gasteiger partial charge is 0.326 e. The number of rotatable bonds is 6. The Morgan fingerprint density at radius 2 is 2.30 bits per heavy atom. The molecule has 108 valence electrons. The lowest BCUT2D eigenvalue weighted by Gasteiger charge is -2.13. The van der Waals surface area contributed by atoms with Gasteiger partial charge in [-0.3, -0.25) is 4.79 Å². The van der Waals surface area contributed by atoms with Crippen LogP contribution in [0.4, 0.5) is 0 Å². The normalized spacial score (nSPS) is 15.5. The number of nitrogens with zero attached hydrogens (tertiary/aromatic N) is 1. The van der Waals surface area contributed by atoms with Gasteiger partial charge in [-0.15, -0.1) is 0 Å². The molecule has 0 aromatic carbocycles. The van der Waals surface area contributed by atoms with Crippen LogP contribution in [0.15, 0.2) is 12.3 Å². The Bertz CT molecular complexity index is 531. The summed E-state index contributed by atoms with van der Waals surface area (Å²) in [5.74, 6) is -1.25. The summed E-state index contributed by atoms with van der Waals surface area (Å²) in [5, 5.41) is 11.8. The second-order valence-corrected chi connectivity index (χ2v) is 4.98. The van der Waals surface area contributed by atoms with Crippen molar-refractivity contribution in [2.75, 3.05) is 6.61 Å². The highest BCUT2D eigenvalue weighted by Gasteiger charge is 2.37. The molecule has 0 spiro atoms. The van der Waals surface area contributed by atoms with Crippen molar-refractivity contribution in [1.82, 2.24) is 10.3 Å². The molecule has 1 saturated carbocycles. The van der Waals surface area contributed by atoms with E-state index in [1.165, 1.54) is 12.3 Å². The minimum atomic E-state index is -1.02. The molecule has 0 bridgehead atoms. The zero-order valence-electron chi connectivity index (χ0n) is 10.9. The first kappa shape index (κ1) is 14.6. The maximum atomic E-state index is 12.0. The summed E-state index contributed by atoms with van der Waals surface area (Å²) in [6.45, 7) is 2.22. The number of pyridine rings is 1. The molecule has 6 nitrogen and oxygen atoms in total. The van der Waals surface area contributed by atoms with Crippen molar-refractivity contribution in [2.24, 2.45) is 5.92 Å². The highest BCUT2D eigenvalue weighted by molar-refractivity contribution is 6.32. The SMILES string of the molecule is CCOc1ncc(C(=O)NC(C(=O)O)C2CC2)cc1Cl. The van der Waals surface area contributed by atoms with E-state index in [-0.39, 0.29) is 22.4 Å². The molecule has 1 unspecified atom stereocenters. The lowest BCUT2D eigenvalue weighted by molar-refractivity contribution is -0.139. The van der Waals surface area contributed by atoms with Crippen molar-refractivity contribution in [2.45, 2.75) is 25.8 Å². The quantitative estimate of drug-likeness (QED) is 0.835. The van der Waals surface area contributed by atoms with E-state index in [4.69, 9.17) is 21.4 Å². The standard InChI is InChI=1S/C13H15ClN2O4/c1-2-20-12-9(14)5-8(6-15-12)11(17)16-10(13(18)19)7-3-4-7/h5-7,10H,2-4H2,1H3,(H,16,17)(H,18,19). The number of hydrogen-bond acceptors (Lipinski definition) is 4. The second-order valence-electron chi connectivity index (χ2n) is 4.57. The van der Waals surface area contributed by atoms with Gasteiger partial charge >= 0.3 is 5.97 Å². The third kappa shape index (κ3) is 3.39. The molecule has 1 fully saturated rings. The van der Waals surface area contributed by atoms with E-state index >= 15 is 0 Å². The molecule has 20 heavy (non-hydrogen) atoms. The van der Waals surface area contributed by atoms with E-state index < -0.39 is 17.9 Å². The average molecular weight is 299 g/mol. The van der Waals surface area contributed by atoms with E-state index in [2.05, 4.69) is 10.3 Å². The van der Waals surface area contributed by atoms with Crippen LogP contribution in [0, 0.1) is 5.92 Å². The maximum absolute atomic E-state index is 12.0. The van der Waals surface area contributed by atoms with Crippen molar-refractivity contribution in [1.29, 1.82) is 0 Å². The first-order valence-electron chi connectivity index (χ1n) is 6.35. The molecule has 1 heterocycles. The lowest BCUT2D eigenvalue weighted by Crippen LogP contribution is -2.42. The third-order valence-electron chi connectivity index (χ3n) is 3.00. The number of aliphatic carboxylic acids is 1. The topological polar surface area (TPSA) is 88.5 Å². The molecule has 1 amide bonds. The molecule has 2 N–H and O–H groups in total. The predicted molar refractivity (Wildman–Crippen MR) is 72.0 cm³/mol. The van der Waals surface area contributed by atoms with Crippen LogP contribution in [0.25, 0.3) is 0 Å². The number of aromatic nitrogens is 1. The van der Waals surface area contributed by atoms with Crippen LogP contribution >= 0.6 is 11.6 Å². The van der Waals surface area contributed by atoms with E-state index in [0.717, 1.165) is 12.8 Å². The van der Waals surface area contributed by atoms with Gasteiger partial charge in [0, 0.05) is 6.20 Å². The summed E-state index contributed by atoms with van der Waals surface area (Å²) < 4.78 is 5.17. The number of amides is 1. The number of hydrogen-bond donors (Lipinski definition) is 2. The molecule has 1 aromatic rings. The van der Waals surface area contributed by atoms with E-state index in [1.54, 1.807) is 6.92 Å². The van der Waals surface area contributed by atoms with Gasteiger partial charge < -0.3 is 15.2 Å². The Morgan fingerprint density at radius 1 is 1.60 bits per heavy atom. The minimum absolute atomic E-state index is 0.0163. The van der Waals surface area contributed by atoms with Crippen LogP contribution < -0.4 is 10.1 Å². The van der Waals surface area contributed by atoms with Crippen molar-refractivity contribution in [3.8, 4) is 5.88 Å². The third-order valence-corrected chi connectivity index (χ3v) is 3.27. The van der Waals surface area contributed by atoms with E-state index in [9.17, 15) is 9.59 Å². The molecule has 2 rings (SSSR count). The Morgan fingerprint density at radius 3 is 2.80 bits per heavy atom. The zero-order valence-corrected chi connectivity index (χ0v) is 11.7. The summed E-state index contributed by atoms with van der Waals surface area (Å²) in [7, 11) is 0. The molecule has 1 aliphatic rings. The molecular weight excluding hydrogens is 284 g/mol. The summed E-state index contributed by atoms with van der Waals surface area (Å²) in [4.78, 5) is 27.0. The average Bonchev–Trinajstić information content (AvgIpc) is 3.22. The van der Waals surface area contributed by atoms with Gasteiger partial charge in [-0.25, -0.2) is 9.78 Å². The van der Waals surface area contributed by atoms with Gasteiger partial charge in [-0.1, -0.05) is 11.6 Å². The van der Waals surface area contributed by atoms with Gasteiger partial charge in [0.25, 0.3) is 5.91 Å². The minimum Gasteiger partial charge on any atom is -0.480 e. The number of carbonyl (C=O) groups excluding carboxylic acids is 1. The fourth-order valence-corrected chi connectivity index (χ4v) is 2.05. The van der Waals surface area contributed by atoms with E-state index in [0.29, 0.717) is 6.61 Å². The number of halogens is 1. The molecule has 0 saturated heterocycles. The Hall–Kier alpha value is -1.82. The molecule has 0 aliphatic heterocycles. The Kier molecular flexibility index (Phi) is 4.44. The number of ether oxygens (including phenoxy) is 1. The van der Waals surface area contributed by atoms with Gasteiger partial charge in [-0.2, -0.15) is 0 Å². The van der Waals surface area contributed by atoms with Gasteiger partial charge in [0.2, 0.25) is 5.88 Å². The molecule has 1 atom stereocenters. The van der Waals surface area contributed by atoms with Crippen LogP contribution in [0.1, 0.15) is 30.1 Å². The van der Waals surface area contributed by atoms with Gasteiger partial charge in [-0.05, 0) is 31.7 Å². The molecule has 7 heteroatoms. The summed E-state index contributed by atoms with van der Waals surface area (Å²) in [5.41, 5.74) is 0.213. The van der Waals surface area contributed by atoms with Crippen molar-refractivity contribution < 1.29 is 19.4 Å². The molecular formula is C13H15ClN2O4. The van der Waals surface area contributed by atoms with Gasteiger partial charge in [0.05, 0.1) is 12.2 Å². The van der Waals surface area contributed by atoms with Crippen LogP contribution in [-0.4, -0.2) is 34.6 Å². The maximum Gasteiger partial charge on any atom is 0.326 e. The fraction of sp³-hybridized carbons (Fsp3) is 0.462. The lowest BCUT2D eigenvalue weighted by atomic mass is 10.1. The largest absolute Gasteiger partial charge is 0.480 e. The summed E-state index contributed by atoms with van der Waals surface area (Å²) >= 11 is 5.94. The monoisotopic (exact) mass is 298 g/mol. The highest BCUT2D eigenvalue weighted by atomic mass is 35.5. The summed E-state index contributed by atoms with van der Waals surface area (Å²) in [6.07, 6.45) is 2.96. The molecule has 1 aliphatic carbocycles. The number of carboxylic acid groups (broad SMARTS) is 1. The van der Waals surface area contributed by atoms with Crippen molar-refractivity contribution in [3.05, 3.63) is 22.8 Å². The number of carboxylic acids is 1. The van der Waals surface area contributed by atoms with Crippen molar-refractivity contribution >= 4 is 23.5 Å². The van der Waals surface area contributed by atoms with Crippen LogP contribution in [0.3, 0.4) is 0 Å². The first-order chi connectivity index (χ1) is 9.52. The molecule has 1 aromatic heterocycles. The van der Waals surface area contributed by atoms with Crippen molar-refractivity contribution in [3.63, 3.8) is 0 Å². The van der Waals surface area contributed by atoms with E-state index in [1.807, 2.05) is 0 Å². The predicted octanol–water partition coefficient (Wildman–Crippen LogP) is 1.73. The molecule has 0 radical (unpaired) electrons. The second kappa shape index (κ2) is 6.09. The Balaban J connectivity index is 2.08. The van der Waals surface area contributed by atoms with Gasteiger partial charge in [0.15, 0.2) is 0 Å². The van der Waals surface area contributed by atoms with Crippen LogP contribution in [0.2, 0.25) is 5.02 Å². The zero-order chi connectivity index (χ0) is 14.7. The van der Waals surface area contributed by atoms with Crippen LogP contribution in [-0.2, 0) is 4.79 Å². The van der Waals surface area contributed by atoms with Gasteiger partial charge in [0.1, 0.15) is 11.1 Å². The summed E-state index contributed by atoms with van der Waals surface area (Å²) in [6, 6.07) is 0.564. The number of carbonyl (C=O) groups is 2. The highest BCUT2D eigenvalue weighted by Crippen LogP contribution is 2.33. The fourth-order valence-electron chi connectivity index (χ4n) is 1.83.